The molecule has 1 aliphatic heterocycles. The number of anilines is 1. The lowest BCUT2D eigenvalue weighted by Gasteiger charge is -2.25. The average molecular weight is 422 g/mol. The number of unbranched alkanes of at least 4 members (excludes halogenated alkanes) is 1. The number of nitrogens with one attached hydrogen (secondary N) is 1. The molecule has 1 N–H and O–H groups in total. The summed E-state index contributed by atoms with van der Waals surface area (Å²) in [6.07, 6.45) is 4.87. The van der Waals surface area contributed by atoms with Crippen LogP contribution in [-0.4, -0.2) is 48.9 Å². The van der Waals surface area contributed by atoms with E-state index >= 15 is 0 Å². The van der Waals surface area contributed by atoms with E-state index in [1.54, 1.807) is 0 Å². The van der Waals surface area contributed by atoms with Crippen LogP contribution in [0.25, 0.3) is 0 Å². The first kappa shape index (κ1) is 22.9. The Balaban J connectivity index is 1.70. The van der Waals surface area contributed by atoms with Crippen molar-refractivity contribution in [2.75, 3.05) is 31.1 Å². The van der Waals surface area contributed by atoms with Crippen molar-refractivity contribution >= 4 is 17.5 Å². The summed E-state index contributed by atoms with van der Waals surface area (Å²) in [7, 11) is 0. The quantitative estimate of drug-likeness (QED) is 0.623. The zero-order valence-electron chi connectivity index (χ0n) is 18.8. The number of benzene rings is 2. The summed E-state index contributed by atoms with van der Waals surface area (Å²) in [5, 5.41) is 3.01. The predicted molar refractivity (Wildman–Crippen MR) is 126 cm³/mol. The van der Waals surface area contributed by atoms with Gasteiger partial charge in [0.2, 0.25) is 5.91 Å². The molecule has 0 aromatic heterocycles. The number of carbonyl (C=O) groups excluding carboxylic acids is 2. The molecule has 2 aromatic rings. The van der Waals surface area contributed by atoms with E-state index in [0.717, 1.165) is 63.1 Å². The number of amides is 2. The highest BCUT2D eigenvalue weighted by Crippen LogP contribution is 2.17. The monoisotopic (exact) mass is 421 g/mol. The second-order valence-corrected chi connectivity index (χ2v) is 8.23. The lowest BCUT2D eigenvalue weighted by Crippen LogP contribution is -2.49. The molecule has 1 atom stereocenters. The van der Waals surface area contributed by atoms with Crippen LogP contribution in [0.3, 0.4) is 0 Å². The van der Waals surface area contributed by atoms with E-state index in [2.05, 4.69) is 24.1 Å². The molecule has 2 amide bonds. The summed E-state index contributed by atoms with van der Waals surface area (Å²) >= 11 is 0. The Bertz CT molecular complexity index is 829. The van der Waals surface area contributed by atoms with Gasteiger partial charge in [-0.3, -0.25) is 9.59 Å². The van der Waals surface area contributed by atoms with Gasteiger partial charge < -0.3 is 15.1 Å². The number of hydrogen-bond donors (Lipinski definition) is 1. The SMILES string of the molecule is CCCCN(CC)c1ccc(C(=O)NC(Cc2ccccc2)C(=O)N2CCCC2)cc1. The minimum Gasteiger partial charge on any atom is -0.372 e. The Morgan fingerprint density at radius 2 is 1.68 bits per heavy atom. The summed E-state index contributed by atoms with van der Waals surface area (Å²) in [5.41, 5.74) is 2.76. The maximum atomic E-state index is 13.1. The Morgan fingerprint density at radius 1 is 1.00 bits per heavy atom. The smallest absolute Gasteiger partial charge is 0.251 e. The Kier molecular flexibility index (Phi) is 8.51. The van der Waals surface area contributed by atoms with E-state index in [-0.39, 0.29) is 11.8 Å². The third kappa shape index (κ3) is 6.33. The first-order valence-electron chi connectivity index (χ1n) is 11.6. The predicted octanol–water partition coefficient (Wildman–Crippen LogP) is 4.28. The highest BCUT2D eigenvalue weighted by molar-refractivity contribution is 5.98. The summed E-state index contributed by atoms with van der Waals surface area (Å²) < 4.78 is 0. The van der Waals surface area contributed by atoms with Gasteiger partial charge in [0.1, 0.15) is 6.04 Å². The van der Waals surface area contributed by atoms with Crippen LogP contribution in [0.4, 0.5) is 5.69 Å². The molecule has 5 heteroatoms. The van der Waals surface area contributed by atoms with E-state index in [0.29, 0.717) is 12.0 Å². The van der Waals surface area contributed by atoms with E-state index in [9.17, 15) is 9.59 Å². The van der Waals surface area contributed by atoms with Crippen molar-refractivity contribution in [3.8, 4) is 0 Å². The summed E-state index contributed by atoms with van der Waals surface area (Å²) in [6, 6.07) is 17.1. The van der Waals surface area contributed by atoms with Gasteiger partial charge in [0.15, 0.2) is 0 Å². The molecular formula is C26H35N3O2. The van der Waals surface area contributed by atoms with Crippen molar-refractivity contribution in [1.29, 1.82) is 0 Å². The lowest BCUT2D eigenvalue weighted by molar-refractivity contribution is -0.132. The van der Waals surface area contributed by atoms with Crippen LogP contribution < -0.4 is 10.2 Å². The molecule has 1 heterocycles. The number of carbonyl (C=O) groups is 2. The molecule has 3 rings (SSSR count). The minimum absolute atomic E-state index is 0.0167. The van der Waals surface area contributed by atoms with Crippen LogP contribution in [0.15, 0.2) is 54.6 Å². The molecule has 1 aliphatic rings. The van der Waals surface area contributed by atoms with Gasteiger partial charge >= 0.3 is 0 Å². The van der Waals surface area contributed by atoms with E-state index in [4.69, 9.17) is 0 Å². The number of hydrogen-bond acceptors (Lipinski definition) is 3. The number of rotatable bonds is 10. The van der Waals surface area contributed by atoms with Crippen molar-refractivity contribution < 1.29 is 9.59 Å². The second kappa shape index (κ2) is 11.5. The molecule has 2 aromatic carbocycles. The molecule has 31 heavy (non-hydrogen) atoms. The largest absolute Gasteiger partial charge is 0.372 e. The third-order valence-corrected chi connectivity index (χ3v) is 5.96. The normalized spacial score (nSPS) is 14.3. The Morgan fingerprint density at radius 3 is 2.29 bits per heavy atom. The highest BCUT2D eigenvalue weighted by Gasteiger charge is 2.28. The van der Waals surface area contributed by atoms with E-state index in [1.807, 2.05) is 59.5 Å². The van der Waals surface area contributed by atoms with Crippen molar-refractivity contribution in [1.82, 2.24) is 10.2 Å². The van der Waals surface area contributed by atoms with Crippen molar-refractivity contribution in [3.05, 3.63) is 65.7 Å². The first-order chi connectivity index (χ1) is 15.1. The molecule has 166 valence electrons. The molecule has 5 nitrogen and oxygen atoms in total. The molecule has 1 fully saturated rings. The van der Waals surface area contributed by atoms with Gasteiger partial charge in [-0.15, -0.1) is 0 Å². The van der Waals surface area contributed by atoms with Crippen LogP contribution in [0, 0.1) is 0 Å². The van der Waals surface area contributed by atoms with Gasteiger partial charge in [-0.2, -0.15) is 0 Å². The Labute approximate surface area is 186 Å². The third-order valence-electron chi connectivity index (χ3n) is 5.96. The highest BCUT2D eigenvalue weighted by atomic mass is 16.2. The average Bonchev–Trinajstić information content (AvgIpc) is 3.35. The fourth-order valence-electron chi connectivity index (χ4n) is 4.09. The van der Waals surface area contributed by atoms with E-state index in [1.165, 1.54) is 0 Å². The van der Waals surface area contributed by atoms with Crippen LogP contribution in [0.2, 0.25) is 0 Å². The van der Waals surface area contributed by atoms with E-state index < -0.39 is 6.04 Å². The van der Waals surface area contributed by atoms with Gasteiger partial charge in [-0.1, -0.05) is 43.7 Å². The fraction of sp³-hybridized carbons (Fsp3) is 0.462. The van der Waals surface area contributed by atoms with Crippen LogP contribution >= 0.6 is 0 Å². The maximum absolute atomic E-state index is 13.1. The molecule has 0 spiro atoms. The summed E-state index contributed by atoms with van der Waals surface area (Å²) in [4.78, 5) is 30.3. The van der Waals surface area contributed by atoms with Gasteiger partial charge in [0.25, 0.3) is 5.91 Å². The van der Waals surface area contributed by atoms with Crippen LogP contribution in [0.5, 0.6) is 0 Å². The zero-order chi connectivity index (χ0) is 22.1. The maximum Gasteiger partial charge on any atom is 0.251 e. The molecular weight excluding hydrogens is 386 g/mol. The molecule has 1 unspecified atom stereocenters. The van der Waals surface area contributed by atoms with Crippen molar-refractivity contribution in [2.45, 2.75) is 52.0 Å². The zero-order valence-corrected chi connectivity index (χ0v) is 18.8. The lowest BCUT2D eigenvalue weighted by atomic mass is 10.0. The molecule has 1 saturated heterocycles. The standard InChI is InChI=1S/C26H35N3O2/c1-3-5-17-28(4-2)23-15-13-22(14-16-23)25(30)27-24(20-21-11-7-6-8-12-21)26(31)29-18-9-10-19-29/h6-8,11-16,24H,3-5,9-10,17-20H2,1-2H3,(H,27,30). The summed E-state index contributed by atoms with van der Waals surface area (Å²) in [6.45, 7) is 7.85. The first-order valence-corrected chi connectivity index (χ1v) is 11.6. The fourth-order valence-corrected chi connectivity index (χ4v) is 4.09. The molecule has 0 aliphatic carbocycles. The minimum atomic E-state index is -0.552. The van der Waals surface area contributed by atoms with Crippen LogP contribution in [-0.2, 0) is 11.2 Å². The Hall–Kier alpha value is -2.82. The van der Waals surface area contributed by atoms with Gasteiger partial charge in [0.05, 0.1) is 0 Å². The summed E-state index contributed by atoms with van der Waals surface area (Å²) in [5.74, 6) is -0.181. The van der Waals surface area contributed by atoms with Crippen molar-refractivity contribution in [3.63, 3.8) is 0 Å². The van der Waals surface area contributed by atoms with Crippen LogP contribution in [0.1, 0.15) is 55.5 Å². The molecule has 0 radical (unpaired) electrons. The topological polar surface area (TPSA) is 52.7 Å². The van der Waals surface area contributed by atoms with Gasteiger partial charge in [-0.25, -0.2) is 0 Å². The van der Waals surface area contributed by atoms with Gasteiger partial charge in [0, 0.05) is 43.9 Å². The molecule has 0 bridgehead atoms. The van der Waals surface area contributed by atoms with Crippen molar-refractivity contribution in [2.24, 2.45) is 0 Å². The molecule has 0 saturated carbocycles. The number of likely N-dealkylation sites (tertiary alicyclic amines) is 1. The second-order valence-electron chi connectivity index (χ2n) is 8.23. The van der Waals surface area contributed by atoms with Gasteiger partial charge in [-0.05, 0) is 56.0 Å². The number of nitrogens with zero attached hydrogens (tertiary/aromatic N) is 2.